The number of ether oxygens (including phenoxy) is 1. The Morgan fingerprint density at radius 3 is 2.09 bits per heavy atom. The molecule has 0 aliphatic rings. The van der Waals surface area contributed by atoms with Gasteiger partial charge < -0.3 is 15.4 Å². The smallest absolute Gasteiger partial charge is 0.408 e. The summed E-state index contributed by atoms with van der Waals surface area (Å²) in [6.45, 7) is 5.21. The van der Waals surface area contributed by atoms with Crippen LogP contribution in [0.3, 0.4) is 0 Å². The SMILES string of the molecule is CC(C)(C)OC(=O)NC(CNC(=O)CCc1ccccc1)C(=O)NOCc1ccccc1. The number of hydrogen-bond acceptors (Lipinski definition) is 5. The van der Waals surface area contributed by atoms with Gasteiger partial charge in [-0.1, -0.05) is 60.7 Å². The zero-order chi connectivity index (χ0) is 23.4. The number of rotatable bonds is 10. The zero-order valence-electron chi connectivity index (χ0n) is 18.7. The molecule has 0 saturated heterocycles. The minimum atomic E-state index is -1.07. The lowest BCUT2D eigenvalue weighted by Gasteiger charge is -2.23. The van der Waals surface area contributed by atoms with Gasteiger partial charge in [0, 0.05) is 13.0 Å². The predicted octanol–water partition coefficient (Wildman–Crippen LogP) is 2.88. The molecule has 1 unspecified atom stereocenters. The number of nitrogens with one attached hydrogen (secondary N) is 3. The second kappa shape index (κ2) is 12.5. The molecule has 0 aliphatic heterocycles. The van der Waals surface area contributed by atoms with Crippen LogP contribution in [0.2, 0.25) is 0 Å². The van der Waals surface area contributed by atoms with Gasteiger partial charge in [0.1, 0.15) is 11.6 Å². The Labute approximate surface area is 188 Å². The maximum absolute atomic E-state index is 12.6. The fraction of sp³-hybridized carbons (Fsp3) is 0.375. The van der Waals surface area contributed by atoms with Crippen molar-refractivity contribution in [1.29, 1.82) is 0 Å². The van der Waals surface area contributed by atoms with Gasteiger partial charge in [-0.3, -0.25) is 14.4 Å². The normalized spacial score (nSPS) is 11.8. The Hall–Kier alpha value is -3.39. The average molecular weight is 442 g/mol. The standard InChI is InChI=1S/C24H31N3O5/c1-24(2,3)32-23(30)26-20(22(29)27-31-17-19-12-8-5-9-13-19)16-25-21(28)15-14-18-10-6-4-7-11-18/h4-13,20H,14-17H2,1-3H3,(H,25,28)(H,26,30)(H,27,29). The molecule has 1 atom stereocenters. The number of carbonyl (C=O) groups is 3. The summed E-state index contributed by atoms with van der Waals surface area (Å²) in [5, 5.41) is 5.17. The van der Waals surface area contributed by atoms with Gasteiger partial charge in [-0.15, -0.1) is 0 Å². The van der Waals surface area contributed by atoms with Crippen molar-refractivity contribution in [3.63, 3.8) is 0 Å². The van der Waals surface area contributed by atoms with Crippen LogP contribution in [0.1, 0.15) is 38.3 Å². The number of hydroxylamine groups is 1. The molecule has 2 rings (SSSR count). The summed E-state index contributed by atoms with van der Waals surface area (Å²) < 4.78 is 5.22. The van der Waals surface area contributed by atoms with Crippen LogP contribution in [0.25, 0.3) is 0 Å². The van der Waals surface area contributed by atoms with E-state index in [1.807, 2.05) is 60.7 Å². The van der Waals surface area contributed by atoms with Gasteiger partial charge in [-0.2, -0.15) is 0 Å². The number of aryl methyl sites for hydroxylation is 1. The van der Waals surface area contributed by atoms with Crippen molar-refractivity contribution in [1.82, 2.24) is 16.1 Å². The van der Waals surface area contributed by atoms with Crippen LogP contribution >= 0.6 is 0 Å². The maximum atomic E-state index is 12.6. The molecule has 0 saturated carbocycles. The molecule has 0 fully saturated rings. The topological polar surface area (TPSA) is 106 Å². The van der Waals surface area contributed by atoms with Crippen LogP contribution in [0, 0.1) is 0 Å². The summed E-state index contributed by atoms with van der Waals surface area (Å²) in [5.74, 6) is -0.835. The molecule has 0 bridgehead atoms. The van der Waals surface area contributed by atoms with Gasteiger partial charge in [0.2, 0.25) is 5.91 Å². The molecule has 2 aromatic rings. The molecule has 8 heteroatoms. The van der Waals surface area contributed by atoms with Gasteiger partial charge in [0.25, 0.3) is 5.91 Å². The van der Waals surface area contributed by atoms with Crippen LogP contribution < -0.4 is 16.1 Å². The predicted molar refractivity (Wildman–Crippen MR) is 120 cm³/mol. The Morgan fingerprint density at radius 1 is 0.906 bits per heavy atom. The summed E-state index contributed by atoms with van der Waals surface area (Å²) in [7, 11) is 0. The van der Waals surface area contributed by atoms with E-state index in [2.05, 4.69) is 16.1 Å². The number of alkyl carbamates (subject to hydrolysis) is 1. The lowest BCUT2D eigenvalue weighted by atomic mass is 10.1. The third-order valence-corrected chi connectivity index (χ3v) is 4.25. The van der Waals surface area contributed by atoms with E-state index in [4.69, 9.17) is 9.57 Å². The first-order valence-electron chi connectivity index (χ1n) is 10.5. The molecule has 0 aromatic heterocycles. The molecular formula is C24H31N3O5. The van der Waals surface area contributed by atoms with Crippen molar-refractivity contribution in [2.45, 2.75) is 51.9 Å². The molecule has 0 aliphatic carbocycles. The van der Waals surface area contributed by atoms with E-state index < -0.39 is 23.6 Å². The van der Waals surface area contributed by atoms with E-state index in [9.17, 15) is 14.4 Å². The minimum Gasteiger partial charge on any atom is -0.444 e. The monoisotopic (exact) mass is 441 g/mol. The van der Waals surface area contributed by atoms with Crippen LogP contribution in [0.4, 0.5) is 4.79 Å². The maximum Gasteiger partial charge on any atom is 0.408 e. The number of hydrogen-bond donors (Lipinski definition) is 3. The van der Waals surface area contributed by atoms with Crippen molar-refractivity contribution >= 4 is 17.9 Å². The van der Waals surface area contributed by atoms with Gasteiger partial charge in [0.05, 0.1) is 6.61 Å². The van der Waals surface area contributed by atoms with Crippen LogP contribution in [-0.4, -0.2) is 36.1 Å². The van der Waals surface area contributed by atoms with E-state index in [0.717, 1.165) is 11.1 Å². The van der Waals surface area contributed by atoms with Crippen molar-refractivity contribution in [2.75, 3.05) is 6.54 Å². The highest BCUT2D eigenvalue weighted by Gasteiger charge is 2.25. The molecule has 8 nitrogen and oxygen atoms in total. The van der Waals surface area contributed by atoms with E-state index in [-0.39, 0.29) is 25.5 Å². The van der Waals surface area contributed by atoms with Gasteiger partial charge in [-0.05, 0) is 38.3 Å². The van der Waals surface area contributed by atoms with Crippen molar-refractivity contribution < 1.29 is 24.0 Å². The Morgan fingerprint density at radius 2 is 1.50 bits per heavy atom. The molecule has 32 heavy (non-hydrogen) atoms. The Balaban J connectivity index is 1.87. The number of amides is 3. The average Bonchev–Trinajstić information content (AvgIpc) is 2.75. The fourth-order valence-electron chi connectivity index (χ4n) is 2.70. The summed E-state index contributed by atoms with van der Waals surface area (Å²) in [4.78, 5) is 42.2. The number of carbonyl (C=O) groups excluding carboxylic acids is 3. The van der Waals surface area contributed by atoms with Gasteiger partial charge >= 0.3 is 6.09 Å². The third kappa shape index (κ3) is 10.1. The molecule has 0 spiro atoms. The molecule has 0 heterocycles. The summed E-state index contributed by atoms with van der Waals surface area (Å²) in [6, 6.07) is 17.9. The summed E-state index contributed by atoms with van der Waals surface area (Å²) >= 11 is 0. The molecule has 0 radical (unpaired) electrons. The number of benzene rings is 2. The highest BCUT2D eigenvalue weighted by Crippen LogP contribution is 2.07. The fourth-order valence-corrected chi connectivity index (χ4v) is 2.70. The second-order valence-corrected chi connectivity index (χ2v) is 8.23. The first-order chi connectivity index (χ1) is 15.2. The van der Waals surface area contributed by atoms with Crippen molar-refractivity contribution in [3.05, 3.63) is 71.8 Å². The van der Waals surface area contributed by atoms with Crippen LogP contribution in [0.15, 0.2) is 60.7 Å². The third-order valence-electron chi connectivity index (χ3n) is 4.25. The van der Waals surface area contributed by atoms with E-state index in [0.29, 0.717) is 6.42 Å². The Kier molecular flexibility index (Phi) is 9.69. The molecule has 3 N–H and O–H groups in total. The highest BCUT2D eigenvalue weighted by atomic mass is 16.7. The van der Waals surface area contributed by atoms with Gasteiger partial charge in [0.15, 0.2) is 0 Å². The molecule has 172 valence electrons. The molecule has 3 amide bonds. The van der Waals surface area contributed by atoms with E-state index in [1.54, 1.807) is 20.8 Å². The summed E-state index contributed by atoms with van der Waals surface area (Å²) in [5.41, 5.74) is 3.51. The second-order valence-electron chi connectivity index (χ2n) is 8.23. The first-order valence-corrected chi connectivity index (χ1v) is 10.5. The Bertz CT molecular complexity index is 866. The van der Waals surface area contributed by atoms with Gasteiger partial charge in [-0.25, -0.2) is 10.3 Å². The van der Waals surface area contributed by atoms with Crippen LogP contribution in [-0.2, 0) is 32.2 Å². The summed E-state index contributed by atoms with van der Waals surface area (Å²) in [6.07, 6.45) is 0.0673. The van der Waals surface area contributed by atoms with E-state index >= 15 is 0 Å². The van der Waals surface area contributed by atoms with Crippen LogP contribution in [0.5, 0.6) is 0 Å². The quantitative estimate of drug-likeness (QED) is 0.492. The lowest BCUT2D eigenvalue weighted by Crippen LogP contribution is -2.53. The highest BCUT2D eigenvalue weighted by molar-refractivity contribution is 5.86. The lowest BCUT2D eigenvalue weighted by molar-refractivity contribution is -0.136. The first kappa shape index (κ1) is 24.9. The van der Waals surface area contributed by atoms with E-state index in [1.165, 1.54) is 0 Å². The van der Waals surface area contributed by atoms with Crippen molar-refractivity contribution in [2.24, 2.45) is 0 Å². The molecule has 2 aromatic carbocycles. The minimum absolute atomic E-state index is 0.104. The van der Waals surface area contributed by atoms with Crippen molar-refractivity contribution in [3.8, 4) is 0 Å². The molecular weight excluding hydrogens is 410 g/mol. The zero-order valence-corrected chi connectivity index (χ0v) is 18.7. The largest absolute Gasteiger partial charge is 0.444 e.